The molecule has 0 saturated carbocycles. The minimum absolute atomic E-state index is 0.156. The van der Waals surface area contributed by atoms with Crippen LogP contribution in [-0.4, -0.2) is 66.4 Å². The van der Waals surface area contributed by atoms with Gasteiger partial charge < -0.3 is 9.72 Å². The lowest BCUT2D eigenvalue weighted by atomic mass is 9.99. The minimum Gasteiger partial charge on any atom is -0.379 e. The van der Waals surface area contributed by atoms with E-state index < -0.39 is 10.2 Å². The number of morpholine rings is 1. The third-order valence-corrected chi connectivity index (χ3v) is 6.12. The van der Waals surface area contributed by atoms with Crippen LogP contribution in [0.15, 0.2) is 6.20 Å². The summed E-state index contributed by atoms with van der Waals surface area (Å²) in [6.07, 6.45) is 3.64. The van der Waals surface area contributed by atoms with Crippen LogP contribution in [0.4, 0.5) is 0 Å². The molecule has 1 atom stereocenters. The lowest BCUT2D eigenvalue weighted by Gasteiger charge is -2.36. The highest BCUT2D eigenvalue weighted by Crippen LogP contribution is 2.27. The Morgan fingerprint density at radius 2 is 2.05 bits per heavy atom. The van der Waals surface area contributed by atoms with Gasteiger partial charge >= 0.3 is 0 Å². The lowest BCUT2D eigenvalue weighted by Crippen LogP contribution is -2.51. The first-order valence-corrected chi connectivity index (χ1v) is 8.81. The van der Waals surface area contributed by atoms with Gasteiger partial charge in [-0.2, -0.15) is 17.0 Å². The number of aromatic nitrogens is 2. The molecule has 0 aromatic carbocycles. The van der Waals surface area contributed by atoms with Crippen molar-refractivity contribution >= 4 is 10.2 Å². The fraction of sp³-hybridized carbons (Fsp3) is 0.769. The molecular weight excluding hydrogens is 292 g/mol. The molecule has 0 amide bonds. The van der Waals surface area contributed by atoms with Crippen molar-refractivity contribution in [3.05, 3.63) is 17.7 Å². The van der Waals surface area contributed by atoms with Gasteiger partial charge in [-0.15, -0.1) is 0 Å². The number of H-pyrrole nitrogens is 1. The molecule has 3 heterocycles. The Balaban J connectivity index is 1.73. The number of ether oxygens (including phenoxy) is 1. The predicted octanol–water partition coefficient (Wildman–Crippen LogP) is 0.475. The second-order valence-electron chi connectivity index (χ2n) is 5.67. The molecule has 21 heavy (non-hydrogen) atoms. The smallest absolute Gasteiger partial charge is 0.282 e. The monoisotopic (exact) mass is 314 g/mol. The molecule has 2 saturated heterocycles. The number of imidazole rings is 1. The summed E-state index contributed by atoms with van der Waals surface area (Å²) in [6, 6.07) is 0. The number of rotatable bonds is 3. The van der Waals surface area contributed by atoms with Crippen LogP contribution in [0.2, 0.25) is 0 Å². The Labute approximate surface area is 125 Å². The first-order chi connectivity index (χ1) is 10.1. The number of piperidine rings is 1. The van der Waals surface area contributed by atoms with Gasteiger partial charge in [0.05, 0.1) is 13.2 Å². The Morgan fingerprint density at radius 1 is 1.29 bits per heavy atom. The van der Waals surface area contributed by atoms with Crippen molar-refractivity contribution in [3.8, 4) is 0 Å². The molecule has 1 N–H and O–H groups in total. The number of aromatic amines is 1. The van der Waals surface area contributed by atoms with Crippen molar-refractivity contribution in [3.63, 3.8) is 0 Å². The molecule has 3 rings (SSSR count). The summed E-state index contributed by atoms with van der Waals surface area (Å²) in [5.41, 5.74) is 1.01. The van der Waals surface area contributed by atoms with Gasteiger partial charge in [0.25, 0.3) is 10.2 Å². The van der Waals surface area contributed by atoms with Crippen molar-refractivity contribution in [2.45, 2.75) is 25.7 Å². The summed E-state index contributed by atoms with van der Waals surface area (Å²) < 4.78 is 33.7. The first-order valence-electron chi connectivity index (χ1n) is 7.42. The normalized spacial score (nSPS) is 26.0. The highest BCUT2D eigenvalue weighted by Gasteiger charge is 2.35. The van der Waals surface area contributed by atoms with Gasteiger partial charge in [0.15, 0.2) is 0 Å². The molecule has 2 aliphatic rings. The molecule has 7 nitrogen and oxygen atoms in total. The fourth-order valence-electron chi connectivity index (χ4n) is 2.96. The van der Waals surface area contributed by atoms with E-state index in [1.54, 1.807) is 10.5 Å². The maximum atomic E-state index is 12.7. The lowest BCUT2D eigenvalue weighted by molar-refractivity contribution is 0.0695. The van der Waals surface area contributed by atoms with E-state index in [0.29, 0.717) is 39.4 Å². The number of nitrogens with one attached hydrogen (secondary N) is 1. The fourth-order valence-corrected chi connectivity index (χ4v) is 4.62. The van der Waals surface area contributed by atoms with Crippen molar-refractivity contribution in [2.75, 3.05) is 39.4 Å². The molecule has 2 aliphatic heterocycles. The molecule has 0 bridgehead atoms. The molecule has 0 spiro atoms. The second kappa shape index (κ2) is 6.04. The SMILES string of the molecule is Cc1cnc([C@H]2CCCN(S(=O)(=O)N3CCOCC3)C2)[nH]1. The van der Waals surface area contributed by atoms with E-state index in [0.717, 1.165) is 24.4 Å². The van der Waals surface area contributed by atoms with E-state index in [1.807, 2.05) is 6.92 Å². The highest BCUT2D eigenvalue weighted by atomic mass is 32.2. The van der Waals surface area contributed by atoms with Crippen LogP contribution in [0.5, 0.6) is 0 Å². The van der Waals surface area contributed by atoms with Crippen molar-refractivity contribution in [2.24, 2.45) is 0 Å². The van der Waals surface area contributed by atoms with E-state index in [4.69, 9.17) is 4.74 Å². The zero-order valence-electron chi connectivity index (χ0n) is 12.3. The third kappa shape index (κ3) is 3.13. The average Bonchev–Trinajstić information content (AvgIpc) is 2.95. The Hall–Kier alpha value is -0.960. The Bertz CT molecular complexity index is 580. The van der Waals surface area contributed by atoms with Gasteiger partial charge in [0.1, 0.15) is 5.82 Å². The van der Waals surface area contributed by atoms with Gasteiger partial charge in [-0.05, 0) is 19.8 Å². The summed E-state index contributed by atoms with van der Waals surface area (Å²) in [5, 5.41) is 0. The maximum absolute atomic E-state index is 12.7. The second-order valence-corrected chi connectivity index (χ2v) is 7.60. The van der Waals surface area contributed by atoms with Crippen LogP contribution >= 0.6 is 0 Å². The highest BCUT2D eigenvalue weighted by molar-refractivity contribution is 7.86. The molecule has 0 radical (unpaired) electrons. The van der Waals surface area contributed by atoms with Crippen molar-refractivity contribution < 1.29 is 13.2 Å². The predicted molar refractivity (Wildman–Crippen MR) is 78.2 cm³/mol. The van der Waals surface area contributed by atoms with Gasteiger partial charge in [-0.3, -0.25) is 0 Å². The number of aryl methyl sites for hydroxylation is 1. The molecule has 118 valence electrons. The quantitative estimate of drug-likeness (QED) is 0.880. The van der Waals surface area contributed by atoms with E-state index >= 15 is 0 Å². The minimum atomic E-state index is -3.37. The topological polar surface area (TPSA) is 78.5 Å². The maximum Gasteiger partial charge on any atom is 0.282 e. The van der Waals surface area contributed by atoms with Crippen LogP contribution in [-0.2, 0) is 14.9 Å². The molecular formula is C13H22N4O3S. The summed E-state index contributed by atoms with van der Waals surface area (Å²) in [7, 11) is -3.37. The van der Waals surface area contributed by atoms with Crippen LogP contribution in [0.1, 0.15) is 30.3 Å². The standard InChI is InChI=1S/C13H22N4O3S/c1-11-9-14-13(15-11)12-3-2-4-17(10-12)21(18,19)16-5-7-20-8-6-16/h9,12H,2-8,10H2,1H3,(H,14,15)/t12-/m0/s1. The largest absolute Gasteiger partial charge is 0.379 e. The number of hydrogen-bond acceptors (Lipinski definition) is 4. The van der Waals surface area contributed by atoms with E-state index in [-0.39, 0.29) is 5.92 Å². The van der Waals surface area contributed by atoms with Crippen LogP contribution in [0.25, 0.3) is 0 Å². The zero-order valence-corrected chi connectivity index (χ0v) is 13.1. The molecule has 8 heteroatoms. The zero-order chi connectivity index (χ0) is 14.9. The summed E-state index contributed by atoms with van der Waals surface area (Å²) in [5.74, 6) is 1.05. The summed E-state index contributed by atoms with van der Waals surface area (Å²) >= 11 is 0. The van der Waals surface area contributed by atoms with Crippen LogP contribution in [0, 0.1) is 6.92 Å². The molecule has 0 unspecified atom stereocenters. The van der Waals surface area contributed by atoms with Gasteiger partial charge in [0.2, 0.25) is 0 Å². The Morgan fingerprint density at radius 3 is 2.71 bits per heavy atom. The van der Waals surface area contributed by atoms with Crippen molar-refractivity contribution in [1.82, 2.24) is 18.6 Å². The number of hydrogen-bond donors (Lipinski definition) is 1. The molecule has 1 aromatic heterocycles. The molecule has 1 aromatic rings. The van der Waals surface area contributed by atoms with Crippen molar-refractivity contribution in [1.29, 1.82) is 0 Å². The summed E-state index contributed by atoms with van der Waals surface area (Å²) in [6.45, 7) is 4.92. The Kier molecular flexibility index (Phi) is 4.30. The van der Waals surface area contributed by atoms with Gasteiger partial charge in [-0.25, -0.2) is 4.98 Å². The third-order valence-electron chi connectivity index (χ3n) is 4.12. The van der Waals surface area contributed by atoms with E-state index in [9.17, 15) is 8.42 Å². The van der Waals surface area contributed by atoms with E-state index in [1.165, 1.54) is 4.31 Å². The van der Waals surface area contributed by atoms with Crippen LogP contribution < -0.4 is 0 Å². The van der Waals surface area contributed by atoms with E-state index in [2.05, 4.69) is 9.97 Å². The molecule has 2 fully saturated rings. The van der Waals surface area contributed by atoms with Gasteiger partial charge in [-0.1, -0.05) is 0 Å². The summed E-state index contributed by atoms with van der Waals surface area (Å²) in [4.78, 5) is 7.59. The average molecular weight is 314 g/mol. The van der Waals surface area contributed by atoms with Gasteiger partial charge in [0, 0.05) is 44.0 Å². The van der Waals surface area contributed by atoms with Crippen LogP contribution in [0.3, 0.4) is 0 Å². The molecule has 0 aliphatic carbocycles. The first kappa shape index (κ1) is 15.0. The number of nitrogens with zero attached hydrogens (tertiary/aromatic N) is 3.